The monoisotopic (exact) mass is 164 g/mol. The summed E-state index contributed by atoms with van der Waals surface area (Å²) in [7, 11) is 0. The summed E-state index contributed by atoms with van der Waals surface area (Å²) in [6, 6.07) is 3.60. The Morgan fingerprint density at radius 2 is 2.33 bits per heavy atom. The first kappa shape index (κ1) is 8.71. The van der Waals surface area contributed by atoms with E-state index in [1.54, 1.807) is 12.3 Å². The molecule has 12 heavy (non-hydrogen) atoms. The van der Waals surface area contributed by atoms with Gasteiger partial charge in [0.1, 0.15) is 5.69 Å². The zero-order valence-corrected chi connectivity index (χ0v) is 7.29. The first-order chi connectivity index (χ1) is 5.74. The number of hydrogen-bond acceptors (Lipinski definition) is 2. The van der Waals surface area contributed by atoms with Gasteiger partial charge in [0, 0.05) is 12.7 Å². The highest BCUT2D eigenvalue weighted by molar-refractivity contribution is 5.92. The molecule has 1 aromatic heterocycles. The first-order valence-electron chi connectivity index (χ1n) is 3.95. The summed E-state index contributed by atoms with van der Waals surface area (Å²) in [4.78, 5) is 15.2. The molecule has 64 valence electrons. The van der Waals surface area contributed by atoms with Crippen LogP contribution in [-0.4, -0.2) is 17.4 Å². The van der Waals surface area contributed by atoms with Gasteiger partial charge in [0.15, 0.2) is 0 Å². The Morgan fingerprint density at radius 3 is 2.83 bits per heavy atom. The average molecular weight is 164 g/mol. The molecule has 1 aromatic rings. The quantitative estimate of drug-likeness (QED) is 0.712. The van der Waals surface area contributed by atoms with Gasteiger partial charge in [0.25, 0.3) is 5.91 Å². The lowest BCUT2D eigenvalue weighted by molar-refractivity contribution is 0.0951. The largest absolute Gasteiger partial charge is 0.351 e. The molecule has 0 radical (unpaired) electrons. The third kappa shape index (κ3) is 2.05. The van der Waals surface area contributed by atoms with Crippen molar-refractivity contribution in [2.75, 3.05) is 6.54 Å². The van der Waals surface area contributed by atoms with Crippen LogP contribution in [0.25, 0.3) is 0 Å². The van der Waals surface area contributed by atoms with Gasteiger partial charge in [-0.25, -0.2) is 0 Å². The van der Waals surface area contributed by atoms with E-state index >= 15 is 0 Å². The number of nitrogens with zero attached hydrogens (tertiary/aromatic N) is 1. The number of pyridine rings is 1. The molecular formula is C9H12N2O. The number of aromatic nitrogens is 1. The summed E-state index contributed by atoms with van der Waals surface area (Å²) in [5.41, 5.74) is 1.53. The third-order valence-electron chi connectivity index (χ3n) is 1.48. The summed E-state index contributed by atoms with van der Waals surface area (Å²) < 4.78 is 0. The summed E-state index contributed by atoms with van der Waals surface area (Å²) >= 11 is 0. The van der Waals surface area contributed by atoms with Crippen molar-refractivity contribution in [3.8, 4) is 0 Å². The highest BCUT2D eigenvalue weighted by atomic mass is 16.1. The van der Waals surface area contributed by atoms with Gasteiger partial charge >= 0.3 is 0 Å². The zero-order valence-electron chi connectivity index (χ0n) is 7.29. The molecule has 1 amide bonds. The third-order valence-corrected chi connectivity index (χ3v) is 1.48. The number of hydrogen-bond donors (Lipinski definition) is 1. The minimum absolute atomic E-state index is 0.113. The molecular weight excluding hydrogens is 152 g/mol. The van der Waals surface area contributed by atoms with Gasteiger partial charge in [0.05, 0.1) is 0 Å². The molecule has 0 aromatic carbocycles. The van der Waals surface area contributed by atoms with E-state index in [-0.39, 0.29) is 5.91 Å². The van der Waals surface area contributed by atoms with E-state index in [1.807, 2.05) is 19.9 Å². The van der Waals surface area contributed by atoms with Gasteiger partial charge in [-0.3, -0.25) is 9.78 Å². The SMILES string of the molecule is CCNC(=O)c1ccc(C)cn1. The summed E-state index contributed by atoms with van der Waals surface area (Å²) in [5.74, 6) is -0.113. The van der Waals surface area contributed by atoms with Crippen molar-refractivity contribution in [3.63, 3.8) is 0 Å². The van der Waals surface area contributed by atoms with Crippen LogP contribution in [0.4, 0.5) is 0 Å². The lowest BCUT2D eigenvalue weighted by atomic mass is 10.2. The van der Waals surface area contributed by atoms with Gasteiger partial charge in [-0.05, 0) is 25.5 Å². The maximum Gasteiger partial charge on any atom is 0.269 e. The lowest BCUT2D eigenvalue weighted by Crippen LogP contribution is -2.23. The van der Waals surface area contributed by atoms with Crippen LogP contribution < -0.4 is 5.32 Å². The fraction of sp³-hybridized carbons (Fsp3) is 0.333. The van der Waals surface area contributed by atoms with E-state index in [0.29, 0.717) is 12.2 Å². The van der Waals surface area contributed by atoms with Crippen molar-refractivity contribution in [1.82, 2.24) is 10.3 Å². The summed E-state index contributed by atoms with van der Waals surface area (Å²) in [6.07, 6.45) is 1.69. The van der Waals surface area contributed by atoms with Gasteiger partial charge in [0.2, 0.25) is 0 Å². The number of carbonyl (C=O) groups excluding carboxylic acids is 1. The van der Waals surface area contributed by atoms with E-state index in [1.165, 1.54) is 0 Å². The highest BCUT2D eigenvalue weighted by Gasteiger charge is 2.03. The smallest absolute Gasteiger partial charge is 0.269 e. The standard InChI is InChI=1S/C9H12N2O/c1-3-10-9(12)8-5-4-7(2)6-11-8/h4-6H,3H2,1-2H3,(H,10,12). The van der Waals surface area contributed by atoms with E-state index in [0.717, 1.165) is 5.56 Å². The molecule has 3 heteroatoms. The Bertz CT molecular complexity index is 266. The number of amides is 1. The predicted molar refractivity (Wildman–Crippen MR) is 47.0 cm³/mol. The first-order valence-corrected chi connectivity index (χ1v) is 3.95. The van der Waals surface area contributed by atoms with Crippen LogP contribution in [0.1, 0.15) is 23.0 Å². The maximum absolute atomic E-state index is 11.2. The van der Waals surface area contributed by atoms with Crippen LogP contribution in [-0.2, 0) is 0 Å². The molecule has 0 unspecified atom stereocenters. The molecule has 0 bridgehead atoms. The van der Waals surface area contributed by atoms with Crippen LogP contribution >= 0.6 is 0 Å². The van der Waals surface area contributed by atoms with E-state index in [9.17, 15) is 4.79 Å². The topological polar surface area (TPSA) is 42.0 Å². The lowest BCUT2D eigenvalue weighted by Gasteiger charge is -2.00. The van der Waals surface area contributed by atoms with Crippen molar-refractivity contribution in [3.05, 3.63) is 29.6 Å². The molecule has 0 saturated carbocycles. The van der Waals surface area contributed by atoms with Crippen molar-refractivity contribution in [2.24, 2.45) is 0 Å². The molecule has 1 N–H and O–H groups in total. The minimum atomic E-state index is -0.113. The van der Waals surface area contributed by atoms with E-state index in [2.05, 4.69) is 10.3 Å². The van der Waals surface area contributed by atoms with E-state index < -0.39 is 0 Å². The van der Waals surface area contributed by atoms with Crippen LogP contribution in [0, 0.1) is 6.92 Å². The van der Waals surface area contributed by atoms with E-state index in [4.69, 9.17) is 0 Å². The zero-order chi connectivity index (χ0) is 8.97. The Kier molecular flexibility index (Phi) is 2.80. The van der Waals surface area contributed by atoms with Gasteiger partial charge in [-0.15, -0.1) is 0 Å². The molecule has 0 aliphatic heterocycles. The Labute approximate surface area is 71.8 Å². The number of aryl methyl sites for hydroxylation is 1. The normalized spacial score (nSPS) is 9.50. The van der Waals surface area contributed by atoms with Crippen LogP contribution in [0.2, 0.25) is 0 Å². The van der Waals surface area contributed by atoms with Crippen molar-refractivity contribution >= 4 is 5.91 Å². The van der Waals surface area contributed by atoms with Crippen molar-refractivity contribution in [2.45, 2.75) is 13.8 Å². The number of rotatable bonds is 2. The van der Waals surface area contributed by atoms with Crippen LogP contribution in [0.15, 0.2) is 18.3 Å². The highest BCUT2D eigenvalue weighted by Crippen LogP contribution is 1.97. The molecule has 0 aliphatic carbocycles. The molecule has 0 saturated heterocycles. The van der Waals surface area contributed by atoms with Gasteiger partial charge < -0.3 is 5.32 Å². The molecule has 0 spiro atoms. The van der Waals surface area contributed by atoms with Gasteiger partial charge in [-0.1, -0.05) is 6.07 Å². The van der Waals surface area contributed by atoms with Crippen LogP contribution in [0.5, 0.6) is 0 Å². The average Bonchev–Trinajstić information content (AvgIpc) is 2.06. The minimum Gasteiger partial charge on any atom is -0.351 e. The Balaban J connectivity index is 2.75. The second-order valence-electron chi connectivity index (χ2n) is 2.58. The predicted octanol–water partition coefficient (Wildman–Crippen LogP) is 1.14. The summed E-state index contributed by atoms with van der Waals surface area (Å²) in [5, 5.41) is 2.68. The fourth-order valence-corrected chi connectivity index (χ4v) is 0.853. The maximum atomic E-state index is 11.2. The fourth-order valence-electron chi connectivity index (χ4n) is 0.853. The molecule has 0 aliphatic rings. The summed E-state index contributed by atoms with van der Waals surface area (Å²) in [6.45, 7) is 4.45. The number of nitrogens with one attached hydrogen (secondary N) is 1. The van der Waals surface area contributed by atoms with Crippen molar-refractivity contribution < 1.29 is 4.79 Å². The molecule has 0 atom stereocenters. The molecule has 3 nitrogen and oxygen atoms in total. The molecule has 1 heterocycles. The number of carbonyl (C=O) groups is 1. The second kappa shape index (κ2) is 3.85. The second-order valence-corrected chi connectivity index (χ2v) is 2.58. The molecule has 0 fully saturated rings. The van der Waals surface area contributed by atoms with Crippen molar-refractivity contribution in [1.29, 1.82) is 0 Å². The van der Waals surface area contributed by atoms with Crippen LogP contribution in [0.3, 0.4) is 0 Å². The Hall–Kier alpha value is -1.38. The van der Waals surface area contributed by atoms with Gasteiger partial charge in [-0.2, -0.15) is 0 Å². The Morgan fingerprint density at radius 1 is 1.58 bits per heavy atom. The molecule has 1 rings (SSSR count).